The van der Waals surface area contributed by atoms with Crippen LogP contribution in [-0.4, -0.2) is 51.7 Å². The molecule has 0 saturated heterocycles. The second-order valence-electron chi connectivity index (χ2n) is 3.82. The van der Waals surface area contributed by atoms with Gasteiger partial charge in [-0.2, -0.15) is 0 Å². The molecule has 2 N–H and O–H groups in total. The van der Waals surface area contributed by atoms with E-state index in [4.69, 9.17) is 24.7 Å². The van der Waals surface area contributed by atoms with Gasteiger partial charge in [0, 0.05) is 18.9 Å². The summed E-state index contributed by atoms with van der Waals surface area (Å²) in [5.41, 5.74) is 6.59. The SMILES string of the molecule is COCCOCCOCCOCc1cccnc1N. The number of hydrogen-bond donors (Lipinski definition) is 1. The summed E-state index contributed by atoms with van der Waals surface area (Å²) in [6.07, 6.45) is 1.66. The molecule has 0 bridgehead atoms. The monoisotopic (exact) mass is 270 g/mol. The summed E-state index contributed by atoms with van der Waals surface area (Å²) in [4.78, 5) is 3.98. The van der Waals surface area contributed by atoms with Crippen molar-refractivity contribution < 1.29 is 18.9 Å². The Balaban J connectivity index is 1.90. The highest BCUT2D eigenvalue weighted by molar-refractivity contribution is 5.37. The number of rotatable bonds is 11. The zero-order valence-corrected chi connectivity index (χ0v) is 11.3. The minimum atomic E-state index is 0.452. The number of ether oxygens (including phenoxy) is 4. The maximum absolute atomic E-state index is 5.69. The van der Waals surface area contributed by atoms with Gasteiger partial charge in [-0.3, -0.25) is 0 Å². The van der Waals surface area contributed by atoms with Crippen molar-refractivity contribution in [1.29, 1.82) is 0 Å². The fourth-order valence-electron chi connectivity index (χ4n) is 1.34. The normalized spacial score (nSPS) is 10.8. The average molecular weight is 270 g/mol. The fourth-order valence-corrected chi connectivity index (χ4v) is 1.34. The van der Waals surface area contributed by atoms with Gasteiger partial charge in [-0.05, 0) is 6.07 Å². The molecule has 0 unspecified atom stereocenters. The molecule has 1 heterocycles. The van der Waals surface area contributed by atoms with Gasteiger partial charge < -0.3 is 24.7 Å². The van der Waals surface area contributed by atoms with Gasteiger partial charge in [-0.25, -0.2) is 4.98 Å². The molecule has 0 aromatic carbocycles. The highest BCUT2D eigenvalue weighted by atomic mass is 16.6. The fraction of sp³-hybridized carbons (Fsp3) is 0.615. The quantitative estimate of drug-likeness (QED) is 0.601. The molecule has 0 fully saturated rings. The van der Waals surface area contributed by atoms with E-state index >= 15 is 0 Å². The molecule has 0 radical (unpaired) electrons. The van der Waals surface area contributed by atoms with Crippen molar-refractivity contribution >= 4 is 5.82 Å². The van der Waals surface area contributed by atoms with E-state index in [1.54, 1.807) is 13.3 Å². The van der Waals surface area contributed by atoms with E-state index in [0.29, 0.717) is 52.1 Å². The van der Waals surface area contributed by atoms with Crippen LogP contribution in [0.2, 0.25) is 0 Å². The van der Waals surface area contributed by atoms with Crippen LogP contribution in [0.25, 0.3) is 0 Å². The molecule has 108 valence electrons. The van der Waals surface area contributed by atoms with Crippen LogP contribution in [0.5, 0.6) is 0 Å². The third kappa shape index (κ3) is 7.74. The Hall–Kier alpha value is -1.21. The highest BCUT2D eigenvalue weighted by Crippen LogP contribution is 2.07. The molecule has 0 aliphatic rings. The Kier molecular flexibility index (Phi) is 8.91. The Labute approximate surface area is 113 Å². The van der Waals surface area contributed by atoms with Gasteiger partial charge in [0.05, 0.1) is 46.2 Å². The van der Waals surface area contributed by atoms with Crippen LogP contribution in [0.4, 0.5) is 5.82 Å². The van der Waals surface area contributed by atoms with Crippen molar-refractivity contribution in [2.45, 2.75) is 6.61 Å². The predicted octanol–water partition coefficient (Wildman–Crippen LogP) is 0.860. The molecular formula is C13H22N2O4. The maximum atomic E-state index is 5.69. The summed E-state index contributed by atoms with van der Waals surface area (Å²) in [6, 6.07) is 3.73. The molecule has 0 atom stereocenters. The zero-order chi connectivity index (χ0) is 13.8. The van der Waals surface area contributed by atoms with Crippen LogP contribution < -0.4 is 5.73 Å². The van der Waals surface area contributed by atoms with Gasteiger partial charge in [0.25, 0.3) is 0 Å². The lowest BCUT2D eigenvalue weighted by Gasteiger charge is -2.07. The third-order valence-electron chi connectivity index (χ3n) is 2.36. The topological polar surface area (TPSA) is 75.8 Å². The summed E-state index contributed by atoms with van der Waals surface area (Å²) in [6.45, 7) is 3.83. The Morgan fingerprint density at radius 3 is 2.26 bits per heavy atom. The average Bonchev–Trinajstić information content (AvgIpc) is 2.43. The molecule has 0 aliphatic heterocycles. The van der Waals surface area contributed by atoms with Crippen molar-refractivity contribution in [3.05, 3.63) is 23.9 Å². The number of nitrogen functional groups attached to an aromatic ring is 1. The number of anilines is 1. The van der Waals surface area contributed by atoms with Crippen LogP contribution >= 0.6 is 0 Å². The lowest BCUT2D eigenvalue weighted by Crippen LogP contribution is -2.11. The van der Waals surface area contributed by atoms with Gasteiger partial charge in [0.2, 0.25) is 0 Å². The minimum absolute atomic E-state index is 0.452. The van der Waals surface area contributed by atoms with Crippen molar-refractivity contribution in [3.63, 3.8) is 0 Å². The first-order chi connectivity index (χ1) is 9.34. The smallest absolute Gasteiger partial charge is 0.128 e. The van der Waals surface area contributed by atoms with E-state index in [9.17, 15) is 0 Å². The lowest BCUT2D eigenvalue weighted by atomic mass is 10.3. The molecule has 1 aromatic rings. The largest absolute Gasteiger partial charge is 0.383 e. The van der Waals surface area contributed by atoms with Crippen LogP contribution in [0.1, 0.15) is 5.56 Å². The predicted molar refractivity (Wildman–Crippen MR) is 71.8 cm³/mol. The molecule has 19 heavy (non-hydrogen) atoms. The van der Waals surface area contributed by atoms with E-state index in [-0.39, 0.29) is 0 Å². The summed E-state index contributed by atoms with van der Waals surface area (Å²) in [5, 5.41) is 0. The molecular weight excluding hydrogens is 248 g/mol. The first-order valence-corrected chi connectivity index (χ1v) is 6.26. The van der Waals surface area contributed by atoms with Gasteiger partial charge in [-0.1, -0.05) is 6.07 Å². The molecule has 0 spiro atoms. The van der Waals surface area contributed by atoms with Crippen LogP contribution in [-0.2, 0) is 25.6 Å². The van der Waals surface area contributed by atoms with E-state index in [2.05, 4.69) is 4.98 Å². The number of pyridine rings is 1. The first-order valence-electron chi connectivity index (χ1n) is 6.26. The molecule has 1 rings (SSSR count). The minimum Gasteiger partial charge on any atom is -0.383 e. The summed E-state index contributed by atoms with van der Waals surface area (Å²) >= 11 is 0. The molecule has 6 heteroatoms. The van der Waals surface area contributed by atoms with E-state index in [0.717, 1.165) is 5.56 Å². The summed E-state index contributed by atoms with van der Waals surface area (Å²) < 4.78 is 20.9. The standard InChI is InChI=1S/C13H22N2O4/c1-16-5-6-17-7-8-18-9-10-19-11-12-3-2-4-15-13(12)14/h2-4H,5-11H2,1H3,(H2,14,15). The van der Waals surface area contributed by atoms with Crippen LogP contribution in [0.3, 0.4) is 0 Å². The molecule has 1 aromatic heterocycles. The number of nitrogens with zero attached hydrogens (tertiary/aromatic N) is 1. The maximum Gasteiger partial charge on any atom is 0.128 e. The second kappa shape index (κ2) is 10.7. The third-order valence-corrected chi connectivity index (χ3v) is 2.36. The number of aromatic nitrogens is 1. The van der Waals surface area contributed by atoms with Gasteiger partial charge in [-0.15, -0.1) is 0 Å². The second-order valence-corrected chi connectivity index (χ2v) is 3.82. The van der Waals surface area contributed by atoms with Crippen molar-refractivity contribution in [2.75, 3.05) is 52.5 Å². The van der Waals surface area contributed by atoms with Crippen LogP contribution in [0, 0.1) is 0 Å². The van der Waals surface area contributed by atoms with Gasteiger partial charge in [0.1, 0.15) is 5.82 Å². The van der Waals surface area contributed by atoms with E-state index in [1.165, 1.54) is 0 Å². The Morgan fingerprint density at radius 1 is 1.00 bits per heavy atom. The number of nitrogens with two attached hydrogens (primary N) is 1. The summed E-state index contributed by atoms with van der Waals surface area (Å²) in [5.74, 6) is 0.509. The van der Waals surface area contributed by atoms with E-state index < -0.39 is 0 Å². The van der Waals surface area contributed by atoms with Crippen molar-refractivity contribution in [1.82, 2.24) is 4.98 Å². The van der Waals surface area contributed by atoms with Gasteiger partial charge in [0.15, 0.2) is 0 Å². The molecule has 0 aliphatic carbocycles. The molecule has 0 saturated carbocycles. The first kappa shape index (κ1) is 15.8. The van der Waals surface area contributed by atoms with Crippen molar-refractivity contribution in [3.8, 4) is 0 Å². The van der Waals surface area contributed by atoms with Crippen molar-refractivity contribution in [2.24, 2.45) is 0 Å². The van der Waals surface area contributed by atoms with Crippen LogP contribution in [0.15, 0.2) is 18.3 Å². The summed E-state index contributed by atoms with van der Waals surface area (Å²) in [7, 11) is 1.65. The molecule has 0 amide bonds. The zero-order valence-electron chi connectivity index (χ0n) is 11.3. The Morgan fingerprint density at radius 2 is 1.63 bits per heavy atom. The van der Waals surface area contributed by atoms with Gasteiger partial charge >= 0.3 is 0 Å². The molecule has 6 nitrogen and oxygen atoms in total. The highest BCUT2D eigenvalue weighted by Gasteiger charge is 1.98. The number of methoxy groups -OCH3 is 1. The van der Waals surface area contributed by atoms with E-state index in [1.807, 2.05) is 12.1 Å². The number of hydrogen-bond acceptors (Lipinski definition) is 6. The Bertz CT molecular complexity index is 336. The lowest BCUT2D eigenvalue weighted by molar-refractivity contribution is 0.000913.